The molecule has 0 spiro atoms. The highest BCUT2D eigenvalue weighted by molar-refractivity contribution is 6.31. The molecule has 1 N–H and O–H groups in total. The summed E-state index contributed by atoms with van der Waals surface area (Å²) in [7, 11) is 0. The van der Waals surface area contributed by atoms with Gasteiger partial charge >= 0.3 is 0 Å². The molecule has 0 saturated carbocycles. The first-order chi connectivity index (χ1) is 10.2. The van der Waals surface area contributed by atoms with E-state index in [2.05, 4.69) is 11.1 Å². The number of benzene rings is 1. The Morgan fingerprint density at radius 2 is 2.43 bits per heavy atom. The second-order valence-electron chi connectivity index (χ2n) is 4.99. The molecule has 5 nitrogen and oxygen atoms in total. The fraction of sp³-hybridized carbons (Fsp3) is 0.333. The minimum absolute atomic E-state index is 0.0641. The summed E-state index contributed by atoms with van der Waals surface area (Å²) in [5.41, 5.74) is 1.83. The molecule has 1 aliphatic heterocycles. The van der Waals surface area contributed by atoms with Gasteiger partial charge in [-0.1, -0.05) is 11.6 Å². The van der Waals surface area contributed by atoms with Crippen LogP contribution in [-0.2, 0) is 16.0 Å². The van der Waals surface area contributed by atoms with Crippen LogP contribution in [0.25, 0.3) is 10.9 Å². The number of amides is 1. The van der Waals surface area contributed by atoms with Crippen molar-refractivity contribution in [1.29, 1.82) is 5.26 Å². The van der Waals surface area contributed by atoms with Crippen molar-refractivity contribution in [3.8, 4) is 6.07 Å². The van der Waals surface area contributed by atoms with Gasteiger partial charge in [0.2, 0.25) is 5.91 Å². The lowest BCUT2D eigenvalue weighted by atomic mass is 10.1. The third kappa shape index (κ3) is 2.73. The normalized spacial score (nSPS) is 18.7. The van der Waals surface area contributed by atoms with Gasteiger partial charge in [-0.25, -0.2) is 0 Å². The molecule has 2 heterocycles. The number of H-pyrrole nitrogens is 1. The third-order valence-electron chi connectivity index (χ3n) is 3.67. The maximum absolute atomic E-state index is 12.4. The Morgan fingerprint density at radius 3 is 3.24 bits per heavy atom. The topological polar surface area (TPSA) is 69.1 Å². The summed E-state index contributed by atoms with van der Waals surface area (Å²) in [5, 5.41) is 10.7. The Labute approximate surface area is 127 Å². The van der Waals surface area contributed by atoms with E-state index in [1.165, 1.54) is 0 Å². The summed E-state index contributed by atoms with van der Waals surface area (Å²) >= 11 is 6.01. The second-order valence-corrected chi connectivity index (χ2v) is 5.42. The largest absolute Gasteiger partial charge is 0.376 e. The number of rotatable bonds is 2. The zero-order valence-electron chi connectivity index (χ0n) is 11.3. The first-order valence-electron chi connectivity index (χ1n) is 6.71. The van der Waals surface area contributed by atoms with Crippen molar-refractivity contribution in [1.82, 2.24) is 9.88 Å². The summed E-state index contributed by atoms with van der Waals surface area (Å²) in [5.74, 6) is -0.0641. The number of nitrogens with zero attached hydrogens (tertiary/aromatic N) is 2. The number of hydrogen-bond acceptors (Lipinski definition) is 3. The van der Waals surface area contributed by atoms with Gasteiger partial charge in [0.25, 0.3) is 0 Å². The van der Waals surface area contributed by atoms with Crippen LogP contribution in [0.3, 0.4) is 0 Å². The number of halogens is 1. The number of nitrogens with one attached hydrogen (secondary N) is 1. The van der Waals surface area contributed by atoms with Gasteiger partial charge in [0, 0.05) is 28.7 Å². The van der Waals surface area contributed by atoms with Crippen LogP contribution in [0.4, 0.5) is 0 Å². The molecule has 0 aliphatic carbocycles. The van der Waals surface area contributed by atoms with Crippen molar-refractivity contribution in [3.05, 3.63) is 35.0 Å². The Balaban J connectivity index is 1.83. The molecular formula is C15H14ClN3O2. The van der Waals surface area contributed by atoms with Gasteiger partial charge in [-0.3, -0.25) is 4.79 Å². The standard InChI is InChI=1S/C15H14ClN3O2/c16-11-1-2-14-13(6-11)10(8-18-14)5-15(20)19-3-4-21-9-12(19)7-17/h1-2,6,8,12,18H,3-5,9H2. The van der Waals surface area contributed by atoms with E-state index in [0.717, 1.165) is 16.5 Å². The van der Waals surface area contributed by atoms with Gasteiger partial charge in [0.15, 0.2) is 0 Å². The molecule has 3 rings (SSSR count). The SMILES string of the molecule is N#CC1COCCN1C(=O)Cc1c[nH]c2ccc(Cl)cc12. The lowest BCUT2D eigenvalue weighted by molar-refractivity contribution is -0.136. The average Bonchev–Trinajstić information content (AvgIpc) is 2.89. The van der Waals surface area contributed by atoms with E-state index in [1.807, 2.05) is 18.3 Å². The zero-order chi connectivity index (χ0) is 14.8. The highest BCUT2D eigenvalue weighted by Gasteiger charge is 2.27. The maximum atomic E-state index is 12.4. The van der Waals surface area contributed by atoms with E-state index in [0.29, 0.717) is 18.2 Å². The number of aromatic amines is 1. The molecule has 2 aromatic rings. The Kier molecular flexibility index (Phi) is 3.82. The molecule has 6 heteroatoms. The lowest BCUT2D eigenvalue weighted by Crippen LogP contribution is -2.48. The van der Waals surface area contributed by atoms with Crippen LogP contribution < -0.4 is 0 Å². The van der Waals surface area contributed by atoms with Crippen LogP contribution in [0.15, 0.2) is 24.4 Å². The van der Waals surface area contributed by atoms with Gasteiger partial charge in [-0.15, -0.1) is 0 Å². The van der Waals surface area contributed by atoms with Crippen LogP contribution in [0.2, 0.25) is 5.02 Å². The molecule has 1 fully saturated rings. The van der Waals surface area contributed by atoms with Gasteiger partial charge in [0.1, 0.15) is 6.04 Å². The summed E-state index contributed by atoms with van der Waals surface area (Å²) < 4.78 is 5.23. The molecular weight excluding hydrogens is 290 g/mol. The minimum Gasteiger partial charge on any atom is -0.376 e. The fourth-order valence-electron chi connectivity index (χ4n) is 2.57. The number of nitriles is 1. The monoisotopic (exact) mass is 303 g/mol. The van der Waals surface area contributed by atoms with E-state index in [4.69, 9.17) is 21.6 Å². The van der Waals surface area contributed by atoms with Crippen molar-refractivity contribution < 1.29 is 9.53 Å². The third-order valence-corrected chi connectivity index (χ3v) is 3.90. The van der Waals surface area contributed by atoms with Gasteiger partial charge in [0.05, 0.1) is 25.7 Å². The van der Waals surface area contributed by atoms with Crippen LogP contribution >= 0.6 is 11.6 Å². The molecule has 1 atom stereocenters. The van der Waals surface area contributed by atoms with E-state index in [-0.39, 0.29) is 18.9 Å². The fourth-order valence-corrected chi connectivity index (χ4v) is 2.74. The van der Waals surface area contributed by atoms with Gasteiger partial charge in [-0.05, 0) is 23.8 Å². The van der Waals surface area contributed by atoms with Crippen molar-refractivity contribution in [2.75, 3.05) is 19.8 Å². The van der Waals surface area contributed by atoms with Crippen LogP contribution in [-0.4, -0.2) is 41.6 Å². The molecule has 21 heavy (non-hydrogen) atoms. The minimum atomic E-state index is -0.500. The first-order valence-corrected chi connectivity index (χ1v) is 7.09. The summed E-state index contributed by atoms with van der Waals surface area (Å²) in [6.45, 7) is 1.21. The molecule has 108 valence electrons. The number of hydrogen-bond donors (Lipinski definition) is 1. The Hall–Kier alpha value is -2.03. The number of fused-ring (bicyclic) bond motifs is 1. The smallest absolute Gasteiger partial charge is 0.228 e. The van der Waals surface area contributed by atoms with E-state index in [1.54, 1.807) is 11.0 Å². The maximum Gasteiger partial charge on any atom is 0.228 e. The number of carbonyl (C=O) groups excluding carboxylic acids is 1. The lowest BCUT2D eigenvalue weighted by Gasteiger charge is -2.31. The van der Waals surface area contributed by atoms with E-state index in [9.17, 15) is 4.79 Å². The van der Waals surface area contributed by atoms with Crippen LogP contribution in [0.1, 0.15) is 5.56 Å². The molecule has 1 saturated heterocycles. The number of carbonyl (C=O) groups is 1. The predicted octanol–water partition coefficient (Wildman–Crippen LogP) is 2.11. The molecule has 1 aromatic carbocycles. The molecule has 1 aliphatic rings. The van der Waals surface area contributed by atoms with Crippen molar-refractivity contribution in [2.45, 2.75) is 12.5 Å². The van der Waals surface area contributed by atoms with Crippen molar-refractivity contribution in [2.24, 2.45) is 0 Å². The van der Waals surface area contributed by atoms with Crippen molar-refractivity contribution >= 4 is 28.4 Å². The van der Waals surface area contributed by atoms with Crippen molar-refractivity contribution in [3.63, 3.8) is 0 Å². The number of ether oxygens (including phenoxy) is 1. The average molecular weight is 304 g/mol. The highest BCUT2D eigenvalue weighted by Crippen LogP contribution is 2.23. The van der Waals surface area contributed by atoms with E-state index >= 15 is 0 Å². The zero-order valence-corrected chi connectivity index (χ0v) is 12.1. The second kappa shape index (κ2) is 5.76. The van der Waals surface area contributed by atoms with Gasteiger partial charge in [-0.2, -0.15) is 5.26 Å². The quantitative estimate of drug-likeness (QED) is 0.924. The Bertz CT molecular complexity index is 719. The first kappa shape index (κ1) is 13.9. The molecule has 1 amide bonds. The predicted molar refractivity (Wildman–Crippen MR) is 78.9 cm³/mol. The molecule has 0 bridgehead atoms. The molecule has 1 unspecified atom stereocenters. The summed E-state index contributed by atoms with van der Waals surface area (Å²) in [6, 6.07) is 7.15. The Morgan fingerprint density at radius 1 is 1.57 bits per heavy atom. The molecule has 0 radical (unpaired) electrons. The summed E-state index contributed by atoms with van der Waals surface area (Å²) in [4.78, 5) is 17.2. The van der Waals surface area contributed by atoms with Crippen LogP contribution in [0.5, 0.6) is 0 Å². The molecule has 1 aromatic heterocycles. The number of morpholine rings is 1. The number of aromatic nitrogens is 1. The summed E-state index contributed by atoms with van der Waals surface area (Å²) in [6.07, 6.45) is 2.07. The highest BCUT2D eigenvalue weighted by atomic mass is 35.5. The van der Waals surface area contributed by atoms with Gasteiger partial charge < -0.3 is 14.6 Å². The van der Waals surface area contributed by atoms with Crippen LogP contribution in [0, 0.1) is 11.3 Å². The van der Waals surface area contributed by atoms with E-state index < -0.39 is 6.04 Å².